The van der Waals surface area contributed by atoms with E-state index in [1.54, 1.807) is 13.8 Å². The third kappa shape index (κ3) is 1.88. The number of hydrogen-bond acceptors (Lipinski definition) is 5. The Morgan fingerprint density at radius 3 is 2.60 bits per heavy atom. The molecule has 0 amide bonds. The maximum Gasteiger partial charge on any atom is 0.190 e. The van der Waals surface area contributed by atoms with E-state index in [9.17, 15) is 9.50 Å². The van der Waals surface area contributed by atoms with E-state index in [-0.39, 0.29) is 0 Å². The SMILES string of the molecule is CC1(C)O[C@H]2OC([C@@H](O)CO)[C@H](F)[C@H]2O1. The van der Waals surface area contributed by atoms with Crippen molar-refractivity contribution in [1.82, 2.24) is 0 Å². The number of halogens is 1. The Labute approximate surface area is 86.7 Å². The van der Waals surface area contributed by atoms with Crippen LogP contribution in [0.25, 0.3) is 0 Å². The second-order valence-corrected chi connectivity index (χ2v) is 4.26. The highest BCUT2D eigenvalue weighted by Gasteiger charge is 2.56. The molecular formula is C9H15FO5. The highest BCUT2D eigenvalue weighted by molar-refractivity contribution is 4.95. The lowest BCUT2D eigenvalue weighted by Gasteiger charge is -2.23. The summed E-state index contributed by atoms with van der Waals surface area (Å²) in [6.07, 6.45) is -5.45. The van der Waals surface area contributed by atoms with Crippen LogP contribution < -0.4 is 0 Å². The fourth-order valence-electron chi connectivity index (χ4n) is 1.90. The van der Waals surface area contributed by atoms with Gasteiger partial charge in [-0.15, -0.1) is 0 Å². The van der Waals surface area contributed by atoms with Crippen molar-refractivity contribution in [3.05, 3.63) is 0 Å². The molecule has 1 unspecified atom stereocenters. The van der Waals surface area contributed by atoms with Crippen LogP contribution in [0.4, 0.5) is 4.39 Å². The van der Waals surface area contributed by atoms with E-state index in [1.807, 2.05) is 0 Å². The van der Waals surface area contributed by atoms with Crippen LogP contribution in [0.2, 0.25) is 0 Å². The third-order valence-corrected chi connectivity index (χ3v) is 2.57. The zero-order valence-electron chi connectivity index (χ0n) is 8.59. The fourth-order valence-corrected chi connectivity index (χ4v) is 1.90. The van der Waals surface area contributed by atoms with Crippen LogP contribution >= 0.6 is 0 Å². The number of ether oxygens (including phenoxy) is 3. The summed E-state index contributed by atoms with van der Waals surface area (Å²) in [7, 11) is 0. The molecule has 88 valence electrons. The molecule has 2 fully saturated rings. The second-order valence-electron chi connectivity index (χ2n) is 4.26. The summed E-state index contributed by atoms with van der Waals surface area (Å²) in [5.41, 5.74) is 0. The van der Waals surface area contributed by atoms with Gasteiger partial charge in [0, 0.05) is 0 Å². The van der Waals surface area contributed by atoms with E-state index in [2.05, 4.69) is 0 Å². The molecule has 0 aliphatic carbocycles. The molecule has 15 heavy (non-hydrogen) atoms. The van der Waals surface area contributed by atoms with Crippen molar-refractivity contribution in [2.75, 3.05) is 6.61 Å². The third-order valence-electron chi connectivity index (χ3n) is 2.57. The smallest absolute Gasteiger partial charge is 0.190 e. The minimum absolute atomic E-state index is 0.548. The molecule has 0 aromatic carbocycles. The summed E-state index contributed by atoms with van der Waals surface area (Å²) < 4.78 is 29.5. The van der Waals surface area contributed by atoms with E-state index >= 15 is 0 Å². The zero-order valence-corrected chi connectivity index (χ0v) is 8.59. The Kier molecular flexibility index (Phi) is 2.72. The van der Waals surface area contributed by atoms with Gasteiger partial charge in [-0.2, -0.15) is 0 Å². The molecule has 0 aromatic rings. The zero-order chi connectivity index (χ0) is 11.2. The van der Waals surface area contributed by atoms with Crippen molar-refractivity contribution in [2.45, 2.75) is 50.4 Å². The van der Waals surface area contributed by atoms with Gasteiger partial charge in [0.2, 0.25) is 0 Å². The maximum atomic E-state index is 13.7. The molecule has 2 heterocycles. The van der Waals surface area contributed by atoms with E-state index in [0.717, 1.165) is 0 Å². The van der Waals surface area contributed by atoms with Gasteiger partial charge < -0.3 is 24.4 Å². The van der Waals surface area contributed by atoms with Gasteiger partial charge in [0.1, 0.15) is 18.3 Å². The molecule has 5 atom stereocenters. The molecule has 0 saturated carbocycles. The van der Waals surface area contributed by atoms with Crippen LogP contribution in [0, 0.1) is 0 Å². The quantitative estimate of drug-likeness (QED) is 0.662. The summed E-state index contributed by atoms with van der Waals surface area (Å²) in [6, 6.07) is 0. The lowest BCUT2D eigenvalue weighted by Crippen LogP contribution is -2.40. The average Bonchev–Trinajstić information content (AvgIpc) is 2.60. The van der Waals surface area contributed by atoms with Crippen molar-refractivity contribution in [2.24, 2.45) is 0 Å². The Morgan fingerprint density at radius 1 is 1.40 bits per heavy atom. The predicted octanol–water partition coefficient (Wildman–Crippen LogP) is -0.446. The van der Waals surface area contributed by atoms with Crippen LogP contribution in [0.1, 0.15) is 13.8 Å². The minimum Gasteiger partial charge on any atom is -0.394 e. The molecule has 2 N–H and O–H groups in total. The average molecular weight is 222 g/mol. The summed E-state index contributed by atoms with van der Waals surface area (Å²) in [5.74, 6) is -0.866. The van der Waals surface area contributed by atoms with E-state index in [1.165, 1.54) is 0 Å². The molecule has 2 aliphatic heterocycles. The van der Waals surface area contributed by atoms with E-state index in [0.29, 0.717) is 0 Å². The first-order valence-electron chi connectivity index (χ1n) is 4.89. The standard InChI is InChI=1S/C9H15FO5/c1-9(2)14-7-5(10)6(4(12)3-11)13-8(7)15-9/h4-8,11-12H,3H2,1-2H3/t4-,5-,6?,7+,8+/m0/s1. The molecule has 0 bridgehead atoms. The highest BCUT2D eigenvalue weighted by Crippen LogP contribution is 2.39. The maximum absolute atomic E-state index is 13.7. The molecule has 0 radical (unpaired) electrons. The minimum atomic E-state index is -1.49. The molecule has 2 aliphatic rings. The van der Waals surface area contributed by atoms with Gasteiger partial charge in [-0.25, -0.2) is 4.39 Å². The van der Waals surface area contributed by atoms with Gasteiger partial charge in [0.25, 0.3) is 0 Å². The van der Waals surface area contributed by atoms with Crippen molar-refractivity contribution in [3.63, 3.8) is 0 Å². The Hall–Kier alpha value is -0.270. The largest absolute Gasteiger partial charge is 0.394 e. The lowest BCUT2D eigenvalue weighted by atomic mass is 10.1. The Bertz CT molecular complexity index is 247. The molecule has 0 aromatic heterocycles. The molecule has 6 heteroatoms. The Balaban J connectivity index is 2.05. The number of hydrogen-bond donors (Lipinski definition) is 2. The van der Waals surface area contributed by atoms with Gasteiger partial charge in [-0.05, 0) is 13.8 Å². The first-order chi connectivity index (χ1) is 6.94. The topological polar surface area (TPSA) is 68.2 Å². The van der Waals surface area contributed by atoms with Crippen molar-refractivity contribution >= 4 is 0 Å². The summed E-state index contributed by atoms with van der Waals surface area (Å²) in [6.45, 7) is 2.78. The Morgan fingerprint density at radius 2 is 2.07 bits per heavy atom. The van der Waals surface area contributed by atoms with E-state index in [4.69, 9.17) is 19.3 Å². The van der Waals surface area contributed by atoms with E-state index < -0.39 is 43.2 Å². The number of rotatable bonds is 2. The normalized spacial score (nSPS) is 45.4. The molecule has 2 rings (SSSR count). The molecule has 0 spiro atoms. The number of fused-ring (bicyclic) bond motifs is 1. The van der Waals surface area contributed by atoms with Crippen molar-refractivity contribution < 1.29 is 28.8 Å². The van der Waals surface area contributed by atoms with Crippen LogP contribution in [0.15, 0.2) is 0 Å². The number of aliphatic hydroxyl groups is 2. The van der Waals surface area contributed by atoms with Gasteiger partial charge in [0.05, 0.1) is 6.61 Å². The predicted molar refractivity (Wildman–Crippen MR) is 46.7 cm³/mol. The van der Waals surface area contributed by atoms with Gasteiger partial charge in [-0.3, -0.25) is 0 Å². The van der Waals surface area contributed by atoms with Crippen molar-refractivity contribution in [3.8, 4) is 0 Å². The lowest BCUT2D eigenvalue weighted by molar-refractivity contribution is -0.222. The van der Waals surface area contributed by atoms with Crippen molar-refractivity contribution in [1.29, 1.82) is 0 Å². The summed E-state index contributed by atoms with van der Waals surface area (Å²) in [4.78, 5) is 0. The summed E-state index contributed by atoms with van der Waals surface area (Å²) >= 11 is 0. The monoisotopic (exact) mass is 222 g/mol. The van der Waals surface area contributed by atoms with Gasteiger partial charge >= 0.3 is 0 Å². The van der Waals surface area contributed by atoms with Crippen LogP contribution in [0.5, 0.6) is 0 Å². The molecule has 2 saturated heterocycles. The van der Waals surface area contributed by atoms with Crippen LogP contribution in [-0.2, 0) is 14.2 Å². The van der Waals surface area contributed by atoms with Crippen LogP contribution in [0.3, 0.4) is 0 Å². The first-order valence-corrected chi connectivity index (χ1v) is 4.89. The van der Waals surface area contributed by atoms with Crippen LogP contribution in [-0.4, -0.2) is 53.4 Å². The molecular weight excluding hydrogens is 207 g/mol. The number of alkyl halides is 1. The number of aliphatic hydroxyl groups excluding tert-OH is 2. The first kappa shape index (κ1) is 11.2. The molecule has 5 nitrogen and oxygen atoms in total. The summed E-state index contributed by atoms with van der Waals surface area (Å²) in [5, 5.41) is 18.0. The highest BCUT2D eigenvalue weighted by atomic mass is 19.1. The van der Waals surface area contributed by atoms with Gasteiger partial charge in [0.15, 0.2) is 18.2 Å². The second kappa shape index (κ2) is 3.64. The van der Waals surface area contributed by atoms with Gasteiger partial charge in [-0.1, -0.05) is 0 Å². The fraction of sp³-hybridized carbons (Fsp3) is 1.00.